The Morgan fingerprint density at radius 3 is 2.35 bits per heavy atom. The molecular weight excluding hydrogens is 314 g/mol. The molecule has 2 heterocycles. The third-order valence-corrected chi connectivity index (χ3v) is 6.73. The topological polar surface area (TPSA) is 71.3 Å². The van der Waals surface area contributed by atoms with E-state index in [2.05, 4.69) is 24.0 Å². The van der Waals surface area contributed by atoms with Crippen molar-refractivity contribution in [2.75, 3.05) is 20.1 Å². The zero-order valence-electron chi connectivity index (χ0n) is 14.4. The molecule has 0 radical (unpaired) electrons. The van der Waals surface area contributed by atoms with Gasteiger partial charge in [0.2, 0.25) is 0 Å². The van der Waals surface area contributed by atoms with Crippen LogP contribution in [-0.4, -0.2) is 51.9 Å². The smallest absolute Gasteiger partial charge is 0.282 e. The number of hydrogen-bond acceptors (Lipinski definition) is 4. The highest BCUT2D eigenvalue weighted by molar-refractivity contribution is 7.86. The van der Waals surface area contributed by atoms with Crippen molar-refractivity contribution in [2.24, 2.45) is 18.9 Å². The summed E-state index contributed by atoms with van der Waals surface area (Å²) < 4.78 is 30.6. The Labute approximate surface area is 138 Å². The molecule has 130 valence electrons. The summed E-state index contributed by atoms with van der Waals surface area (Å²) in [5.41, 5.74) is 0. The van der Waals surface area contributed by atoms with Crippen molar-refractivity contribution >= 4 is 10.2 Å². The highest BCUT2D eigenvalue weighted by Gasteiger charge is 2.34. The van der Waals surface area contributed by atoms with Gasteiger partial charge in [-0.3, -0.25) is 0 Å². The quantitative estimate of drug-likeness (QED) is 0.810. The molecule has 1 aliphatic carbocycles. The maximum absolute atomic E-state index is 12.8. The third-order valence-electron chi connectivity index (χ3n) is 4.86. The van der Waals surface area contributed by atoms with E-state index in [1.54, 1.807) is 11.4 Å². The van der Waals surface area contributed by atoms with Crippen LogP contribution < -0.4 is 0 Å². The van der Waals surface area contributed by atoms with E-state index < -0.39 is 10.2 Å². The summed E-state index contributed by atoms with van der Waals surface area (Å²) in [6.45, 7) is 5.69. The van der Waals surface area contributed by atoms with Crippen molar-refractivity contribution in [1.29, 1.82) is 0 Å². The van der Waals surface area contributed by atoms with E-state index in [9.17, 15) is 8.42 Å². The lowest BCUT2D eigenvalue weighted by atomic mass is 9.94. The summed E-state index contributed by atoms with van der Waals surface area (Å²) in [4.78, 5) is 0. The number of piperidine rings is 1. The molecule has 1 aliphatic heterocycles. The lowest BCUT2D eigenvalue weighted by Crippen LogP contribution is -2.48. The summed E-state index contributed by atoms with van der Waals surface area (Å²) >= 11 is 0. The molecule has 1 saturated heterocycles. The minimum Gasteiger partial charge on any atom is -0.317 e. The molecule has 3 rings (SSSR count). The third kappa shape index (κ3) is 3.44. The predicted octanol–water partition coefficient (Wildman–Crippen LogP) is 1.35. The second-order valence-electron chi connectivity index (χ2n) is 7.33. The zero-order valence-corrected chi connectivity index (χ0v) is 15.3. The lowest BCUT2D eigenvalue weighted by Gasteiger charge is -2.36. The second-order valence-corrected chi connectivity index (χ2v) is 9.37. The maximum Gasteiger partial charge on any atom is 0.282 e. The Bertz CT molecular complexity index is 657. The Kier molecular flexibility index (Phi) is 4.50. The van der Waals surface area contributed by atoms with Gasteiger partial charge in [-0.2, -0.15) is 17.0 Å². The van der Waals surface area contributed by atoms with E-state index in [-0.39, 0.29) is 6.54 Å². The van der Waals surface area contributed by atoms with Crippen molar-refractivity contribution in [3.63, 3.8) is 0 Å². The van der Waals surface area contributed by atoms with Gasteiger partial charge in [0.25, 0.3) is 10.2 Å². The van der Waals surface area contributed by atoms with Crippen molar-refractivity contribution in [3.8, 4) is 0 Å². The Morgan fingerprint density at radius 2 is 1.78 bits per heavy atom. The molecule has 0 bridgehead atoms. The van der Waals surface area contributed by atoms with Gasteiger partial charge in [-0.15, -0.1) is 10.2 Å². The van der Waals surface area contributed by atoms with Gasteiger partial charge in [-0.05, 0) is 31.1 Å². The first kappa shape index (κ1) is 16.9. The van der Waals surface area contributed by atoms with Crippen LogP contribution in [0.2, 0.25) is 0 Å². The molecule has 7 nitrogen and oxygen atoms in total. The van der Waals surface area contributed by atoms with Crippen LogP contribution in [0.4, 0.5) is 0 Å². The molecule has 2 atom stereocenters. The maximum atomic E-state index is 12.8. The SMILES string of the molecule is C[C@H]1C[C@H](C)CN(S(=O)(=O)N(C)Cc2nnc(C3CC3)n2C)C1. The molecule has 0 aromatic carbocycles. The van der Waals surface area contributed by atoms with Crippen LogP contribution in [0.25, 0.3) is 0 Å². The number of aromatic nitrogens is 3. The fraction of sp³-hybridized carbons (Fsp3) is 0.867. The van der Waals surface area contributed by atoms with Crippen molar-refractivity contribution in [3.05, 3.63) is 11.6 Å². The van der Waals surface area contributed by atoms with Crippen LogP contribution in [-0.2, 0) is 23.8 Å². The lowest BCUT2D eigenvalue weighted by molar-refractivity contribution is 0.210. The van der Waals surface area contributed by atoms with Crippen LogP contribution in [0, 0.1) is 11.8 Å². The zero-order chi connectivity index (χ0) is 16.8. The normalized spacial score (nSPS) is 26.8. The average Bonchev–Trinajstić information content (AvgIpc) is 3.24. The van der Waals surface area contributed by atoms with Gasteiger partial charge in [0.1, 0.15) is 11.6 Å². The Balaban J connectivity index is 1.72. The molecule has 1 aromatic rings. The van der Waals surface area contributed by atoms with Gasteiger partial charge in [0.05, 0.1) is 6.54 Å². The van der Waals surface area contributed by atoms with E-state index >= 15 is 0 Å². The summed E-state index contributed by atoms with van der Waals surface area (Å²) in [5.74, 6) is 2.99. The summed E-state index contributed by atoms with van der Waals surface area (Å²) in [5, 5.41) is 8.42. The summed E-state index contributed by atoms with van der Waals surface area (Å²) in [6, 6.07) is 0. The fourth-order valence-electron chi connectivity index (χ4n) is 3.48. The van der Waals surface area contributed by atoms with Crippen molar-refractivity contribution in [1.82, 2.24) is 23.4 Å². The summed E-state index contributed by atoms with van der Waals surface area (Å²) in [6.07, 6.45) is 3.40. The van der Waals surface area contributed by atoms with Crippen LogP contribution in [0.3, 0.4) is 0 Å². The first-order valence-electron chi connectivity index (χ1n) is 8.38. The minimum absolute atomic E-state index is 0.262. The number of nitrogens with zero attached hydrogens (tertiary/aromatic N) is 5. The minimum atomic E-state index is -3.45. The van der Waals surface area contributed by atoms with Crippen LogP contribution in [0.15, 0.2) is 0 Å². The molecule has 1 aromatic heterocycles. The van der Waals surface area contributed by atoms with E-state index in [0.29, 0.717) is 36.7 Å². The highest BCUT2D eigenvalue weighted by Crippen LogP contribution is 2.38. The Morgan fingerprint density at radius 1 is 1.17 bits per heavy atom. The van der Waals surface area contributed by atoms with Crippen LogP contribution in [0.1, 0.15) is 50.7 Å². The number of rotatable bonds is 5. The molecule has 1 saturated carbocycles. The molecule has 2 fully saturated rings. The van der Waals surface area contributed by atoms with Gasteiger partial charge in [-0.1, -0.05) is 13.8 Å². The first-order valence-corrected chi connectivity index (χ1v) is 9.78. The van der Waals surface area contributed by atoms with Crippen LogP contribution >= 0.6 is 0 Å². The molecule has 0 unspecified atom stereocenters. The molecule has 23 heavy (non-hydrogen) atoms. The van der Waals surface area contributed by atoms with Crippen molar-refractivity contribution in [2.45, 2.75) is 45.6 Å². The predicted molar refractivity (Wildman–Crippen MR) is 87.9 cm³/mol. The van der Waals surface area contributed by atoms with E-state index in [0.717, 1.165) is 25.1 Å². The van der Waals surface area contributed by atoms with E-state index in [1.165, 1.54) is 4.31 Å². The fourth-order valence-corrected chi connectivity index (χ4v) is 5.04. The average molecular weight is 341 g/mol. The standard InChI is InChI=1S/C15H27N5O2S/c1-11-7-12(2)9-20(8-11)23(21,22)18(3)10-14-16-17-15(19(14)4)13-5-6-13/h11-13H,5-10H2,1-4H3/t11-,12-/m0/s1. The monoisotopic (exact) mass is 341 g/mol. The van der Waals surface area contributed by atoms with Gasteiger partial charge in [0, 0.05) is 33.1 Å². The van der Waals surface area contributed by atoms with Gasteiger partial charge < -0.3 is 4.57 Å². The first-order chi connectivity index (χ1) is 10.8. The van der Waals surface area contributed by atoms with Crippen LogP contribution in [0.5, 0.6) is 0 Å². The van der Waals surface area contributed by atoms with Gasteiger partial charge in [-0.25, -0.2) is 0 Å². The molecule has 2 aliphatic rings. The molecular formula is C15H27N5O2S. The molecule has 8 heteroatoms. The number of hydrogen-bond donors (Lipinski definition) is 0. The molecule has 0 amide bonds. The van der Waals surface area contributed by atoms with Crippen molar-refractivity contribution < 1.29 is 8.42 Å². The summed E-state index contributed by atoms with van der Waals surface area (Å²) in [7, 11) is 0.102. The van der Waals surface area contributed by atoms with Gasteiger partial charge in [0.15, 0.2) is 0 Å². The molecule has 0 N–H and O–H groups in total. The Hall–Kier alpha value is -0.990. The second kappa shape index (κ2) is 6.14. The largest absolute Gasteiger partial charge is 0.317 e. The van der Waals surface area contributed by atoms with Gasteiger partial charge >= 0.3 is 0 Å². The highest BCUT2D eigenvalue weighted by atomic mass is 32.2. The van der Waals surface area contributed by atoms with E-state index in [1.807, 2.05) is 11.6 Å². The van der Waals surface area contributed by atoms with E-state index in [4.69, 9.17) is 0 Å². The molecule has 0 spiro atoms.